The topological polar surface area (TPSA) is 90.6 Å². The van der Waals surface area contributed by atoms with Gasteiger partial charge in [-0.05, 0) is 25.0 Å². The van der Waals surface area contributed by atoms with Crippen LogP contribution in [0.15, 0.2) is 18.2 Å². The van der Waals surface area contributed by atoms with E-state index in [1.807, 2.05) is 0 Å². The number of carbonyl (C=O) groups excluding carboxylic acids is 1. The van der Waals surface area contributed by atoms with Gasteiger partial charge in [-0.1, -0.05) is 11.3 Å². The maximum absolute atomic E-state index is 12.4. The van der Waals surface area contributed by atoms with Crippen molar-refractivity contribution >= 4 is 27.9 Å². The maximum Gasteiger partial charge on any atom is 0.286 e. The molecule has 0 saturated heterocycles. The van der Waals surface area contributed by atoms with Crippen molar-refractivity contribution in [1.29, 1.82) is 0 Å². The molecule has 3 aromatic rings. The first-order valence-corrected chi connectivity index (χ1v) is 8.53. The molecule has 1 fully saturated rings. The molecule has 9 heteroatoms. The highest BCUT2D eigenvalue weighted by molar-refractivity contribution is 7.18. The van der Waals surface area contributed by atoms with Crippen LogP contribution >= 0.6 is 11.3 Å². The Bertz CT molecular complexity index is 946. The lowest BCUT2D eigenvalue weighted by Gasteiger charge is -2.18. The molecule has 0 radical (unpaired) electrons. The van der Waals surface area contributed by atoms with Crippen LogP contribution in [0.2, 0.25) is 0 Å². The Morgan fingerprint density at radius 2 is 2.04 bits per heavy atom. The summed E-state index contributed by atoms with van der Waals surface area (Å²) in [7, 11) is 0. The van der Waals surface area contributed by atoms with Crippen LogP contribution in [0.3, 0.4) is 0 Å². The van der Waals surface area contributed by atoms with Crippen molar-refractivity contribution in [2.75, 3.05) is 18.5 Å². The molecule has 0 spiro atoms. The smallest absolute Gasteiger partial charge is 0.286 e. The number of nitrogens with zero attached hydrogens (tertiary/aromatic N) is 4. The molecule has 24 heavy (non-hydrogen) atoms. The SMILES string of the molecule is O=C(Nc1ccc2c(c1)OCCO2)c1nn2c(C3CC3)nnc2s1. The average Bonchev–Trinajstić information content (AvgIpc) is 3.22. The molecule has 1 aliphatic heterocycles. The normalized spacial score (nSPS) is 16.3. The molecule has 122 valence electrons. The summed E-state index contributed by atoms with van der Waals surface area (Å²) in [6.45, 7) is 1.04. The van der Waals surface area contributed by atoms with Gasteiger partial charge in [0.1, 0.15) is 13.2 Å². The van der Waals surface area contributed by atoms with Crippen LogP contribution in [-0.4, -0.2) is 38.9 Å². The second-order valence-electron chi connectivity index (χ2n) is 5.75. The fourth-order valence-electron chi connectivity index (χ4n) is 2.63. The largest absolute Gasteiger partial charge is 0.486 e. The molecule has 8 nitrogen and oxygen atoms in total. The lowest BCUT2D eigenvalue weighted by Crippen LogP contribution is -2.16. The van der Waals surface area contributed by atoms with Crippen molar-refractivity contribution in [3.05, 3.63) is 29.0 Å². The minimum atomic E-state index is -0.274. The molecule has 0 unspecified atom stereocenters. The zero-order valence-corrected chi connectivity index (χ0v) is 13.4. The van der Waals surface area contributed by atoms with Crippen molar-refractivity contribution in [2.24, 2.45) is 0 Å². The third kappa shape index (κ3) is 2.28. The average molecular weight is 343 g/mol. The van der Waals surface area contributed by atoms with Crippen LogP contribution in [0.4, 0.5) is 5.69 Å². The van der Waals surface area contributed by atoms with Crippen molar-refractivity contribution in [3.63, 3.8) is 0 Å². The second-order valence-corrected chi connectivity index (χ2v) is 6.70. The van der Waals surface area contributed by atoms with Gasteiger partial charge in [-0.2, -0.15) is 4.52 Å². The number of anilines is 1. The summed E-state index contributed by atoms with van der Waals surface area (Å²) < 4.78 is 12.7. The third-order valence-corrected chi connectivity index (χ3v) is 4.85. The molecule has 1 aliphatic carbocycles. The van der Waals surface area contributed by atoms with Crippen molar-refractivity contribution < 1.29 is 14.3 Å². The molecule has 1 aromatic carbocycles. The van der Waals surface area contributed by atoms with Crippen molar-refractivity contribution in [2.45, 2.75) is 18.8 Å². The Balaban J connectivity index is 1.40. The van der Waals surface area contributed by atoms with E-state index < -0.39 is 0 Å². The number of hydrogen-bond acceptors (Lipinski definition) is 7. The first-order valence-electron chi connectivity index (χ1n) is 7.71. The molecular formula is C15H13N5O3S. The van der Waals surface area contributed by atoms with Gasteiger partial charge < -0.3 is 14.8 Å². The van der Waals surface area contributed by atoms with E-state index in [0.29, 0.717) is 46.3 Å². The van der Waals surface area contributed by atoms with E-state index in [0.717, 1.165) is 18.7 Å². The van der Waals surface area contributed by atoms with E-state index in [4.69, 9.17) is 9.47 Å². The van der Waals surface area contributed by atoms with Crippen molar-refractivity contribution in [1.82, 2.24) is 19.8 Å². The van der Waals surface area contributed by atoms with E-state index in [2.05, 4.69) is 20.6 Å². The van der Waals surface area contributed by atoms with Gasteiger partial charge in [0.15, 0.2) is 17.3 Å². The summed E-state index contributed by atoms with van der Waals surface area (Å²) >= 11 is 1.23. The van der Waals surface area contributed by atoms with Gasteiger partial charge in [0.25, 0.3) is 5.91 Å². The van der Waals surface area contributed by atoms with Crippen LogP contribution in [0.5, 0.6) is 11.5 Å². The van der Waals surface area contributed by atoms with Crippen molar-refractivity contribution in [3.8, 4) is 11.5 Å². The Morgan fingerprint density at radius 1 is 1.21 bits per heavy atom. The van der Waals surface area contributed by atoms with E-state index in [-0.39, 0.29) is 5.91 Å². The van der Waals surface area contributed by atoms with Gasteiger partial charge >= 0.3 is 0 Å². The summed E-state index contributed by atoms with van der Waals surface area (Å²) in [6.07, 6.45) is 2.22. The summed E-state index contributed by atoms with van der Waals surface area (Å²) in [5.74, 6) is 2.32. The van der Waals surface area contributed by atoms with Gasteiger partial charge in [-0.25, -0.2) is 0 Å². The molecule has 0 atom stereocenters. The molecule has 1 N–H and O–H groups in total. The maximum atomic E-state index is 12.4. The van der Waals surface area contributed by atoms with Crippen LogP contribution in [0.1, 0.15) is 34.4 Å². The summed E-state index contributed by atoms with van der Waals surface area (Å²) in [4.78, 5) is 13.1. The first-order chi connectivity index (χ1) is 11.8. The summed E-state index contributed by atoms with van der Waals surface area (Å²) in [5.41, 5.74) is 0.637. The fourth-order valence-corrected chi connectivity index (χ4v) is 3.37. The Kier molecular flexibility index (Phi) is 2.96. The highest BCUT2D eigenvalue weighted by Gasteiger charge is 2.30. The van der Waals surface area contributed by atoms with Gasteiger partial charge in [-0.15, -0.1) is 15.3 Å². The number of hydrogen-bond donors (Lipinski definition) is 1. The fraction of sp³-hybridized carbons (Fsp3) is 0.333. The molecule has 0 bridgehead atoms. The Hall–Kier alpha value is -2.68. The van der Waals surface area contributed by atoms with Crippen LogP contribution < -0.4 is 14.8 Å². The van der Waals surface area contributed by atoms with Crippen LogP contribution in [0, 0.1) is 0 Å². The number of ether oxygens (including phenoxy) is 2. The number of rotatable bonds is 3. The number of fused-ring (bicyclic) bond motifs is 2. The van der Waals surface area contributed by atoms with E-state index in [1.54, 1.807) is 22.7 Å². The van der Waals surface area contributed by atoms with Gasteiger partial charge in [0.2, 0.25) is 9.97 Å². The van der Waals surface area contributed by atoms with E-state index >= 15 is 0 Å². The monoisotopic (exact) mass is 343 g/mol. The molecule has 3 heterocycles. The zero-order chi connectivity index (χ0) is 16.1. The molecule has 1 saturated carbocycles. The lowest BCUT2D eigenvalue weighted by molar-refractivity contribution is 0.102. The number of carbonyl (C=O) groups is 1. The third-order valence-electron chi connectivity index (χ3n) is 3.95. The zero-order valence-electron chi connectivity index (χ0n) is 12.6. The summed E-state index contributed by atoms with van der Waals surface area (Å²) in [5, 5.41) is 15.8. The minimum absolute atomic E-state index is 0.274. The first kappa shape index (κ1) is 13.7. The minimum Gasteiger partial charge on any atom is -0.486 e. The predicted octanol–water partition coefficient (Wildman–Crippen LogP) is 2.09. The highest BCUT2D eigenvalue weighted by atomic mass is 32.1. The molecule has 1 amide bonds. The number of amides is 1. The van der Waals surface area contributed by atoms with Gasteiger partial charge in [-0.3, -0.25) is 4.79 Å². The highest BCUT2D eigenvalue weighted by Crippen LogP contribution is 2.39. The standard InChI is InChI=1S/C15H13N5O3S/c21-13(16-9-3-4-10-11(7-9)23-6-5-22-10)14-19-20-12(8-1-2-8)17-18-15(20)24-14/h3-4,7-8H,1-2,5-6H2,(H,16,21). The number of nitrogens with one attached hydrogen (secondary N) is 1. The van der Waals surface area contributed by atoms with E-state index in [9.17, 15) is 4.79 Å². The molecule has 5 rings (SSSR count). The Labute approximate surface area is 140 Å². The predicted molar refractivity (Wildman–Crippen MR) is 86.0 cm³/mol. The molecule has 2 aliphatic rings. The molecule has 2 aromatic heterocycles. The molecular weight excluding hydrogens is 330 g/mol. The van der Waals surface area contributed by atoms with Crippen LogP contribution in [-0.2, 0) is 0 Å². The number of aromatic nitrogens is 4. The quantitative estimate of drug-likeness (QED) is 0.783. The second kappa shape index (κ2) is 5.17. The van der Waals surface area contributed by atoms with Crippen LogP contribution in [0.25, 0.3) is 4.96 Å². The Morgan fingerprint density at radius 3 is 2.88 bits per heavy atom. The van der Waals surface area contributed by atoms with E-state index in [1.165, 1.54) is 11.3 Å². The summed E-state index contributed by atoms with van der Waals surface area (Å²) in [6, 6.07) is 5.32. The van der Waals surface area contributed by atoms with Gasteiger partial charge in [0, 0.05) is 17.7 Å². The lowest BCUT2D eigenvalue weighted by atomic mass is 10.2. The number of benzene rings is 1. The van der Waals surface area contributed by atoms with Gasteiger partial charge in [0.05, 0.1) is 0 Å².